The van der Waals surface area contributed by atoms with Gasteiger partial charge >= 0.3 is 5.69 Å². The molecule has 0 saturated heterocycles. The Morgan fingerprint density at radius 1 is 1.16 bits per heavy atom. The van der Waals surface area contributed by atoms with Crippen molar-refractivity contribution in [3.05, 3.63) is 74.6 Å². The van der Waals surface area contributed by atoms with Crippen molar-refractivity contribution in [2.75, 3.05) is 0 Å². The van der Waals surface area contributed by atoms with E-state index in [-0.39, 0.29) is 5.69 Å². The Morgan fingerprint density at radius 3 is 2.64 bits per heavy atom. The fourth-order valence-electron chi connectivity index (χ4n) is 2.46. The van der Waals surface area contributed by atoms with Crippen molar-refractivity contribution < 1.29 is 4.74 Å². The predicted molar refractivity (Wildman–Crippen MR) is 99.8 cm³/mol. The van der Waals surface area contributed by atoms with E-state index in [0.29, 0.717) is 12.3 Å². The smallest absolute Gasteiger partial charge is 0.368 e. The van der Waals surface area contributed by atoms with Gasteiger partial charge in [0, 0.05) is 12.6 Å². The van der Waals surface area contributed by atoms with Crippen LogP contribution >= 0.6 is 15.9 Å². The first kappa shape index (κ1) is 17.2. The summed E-state index contributed by atoms with van der Waals surface area (Å²) in [7, 11) is 1.57. The van der Waals surface area contributed by atoms with Crippen LogP contribution in [0, 0.1) is 0 Å². The van der Waals surface area contributed by atoms with Crippen LogP contribution < -0.4 is 10.4 Å². The molecule has 25 heavy (non-hydrogen) atoms. The van der Waals surface area contributed by atoms with Gasteiger partial charge in [0.1, 0.15) is 12.4 Å². The number of tetrazole rings is 1. The summed E-state index contributed by atoms with van der Waals surface area (Å²) in [4.78, 5) is 12.3. The van der Waals surface area contributed by atoms with E-state index in [0.717, 1.165) is 21.3 Å². The second-order valence-electron chi connectivity index (χ2n) is 5.36. The molecule has 0 amide bonds. The zero-order valence-corrected chi connectivity index (χ0v) is 15.5. The first-order chi connectivity index (χ1) is 12.1. The van der Waals surface area contributed by atoms with E-state index >= 15 is 0 Å². The number of allylic oxidation sites excluding steroid dienone is 1. The zero-order chi connectivity index (χ0) is 17.8. The van der Waals surface area contributed by atoms with Gasteiger partial charge in [-0.15, -0.1) is 0 Å². The van der Waals surface area contributed by atoms with E-state index in [2.05, 4.69) is 26.4 Å². The van der Waals surface area contributed by atoms with Crippen molar-refractivity contribution in [1.82, 2.24) is 19.8 Å². The number of hydrogen-bond acceptors (Lipinski definition) is 4. The third kappa shape index (κ3) is 3.56. The first-order valence-electron chi connectivity index (χ1n) is 7.73. The lowest BCUT2D eigenvalue weighted by Crippen LogP contribution is -2.23. The molecule has 0 bridgehead atoms. The molecule has 3 rings (SSSR count). The van der Waals surface area contributed by atoms with Crippen LogP contribution in [0.2, 0.25) is 0 Å². The number of ether oxygens (including phenoxy) is 1. The van der Waals surface area contributed by atoms with Gasteiger partial charge in [-0.05, 0) is 57.0 Å². The number of halogens is 1. The Morgan fingerprint density at radius 2 is 1.96 bits per heavy atom. The number of para-hydroxylation sites is 1. The van der Waals surface area contributed by atoms with Crippen LogP contribution in [0.3, 0.4) is 0 Å². The van der Waals surface area contributed by atoms with Gasteiger partial charge in [-0.25, -0.2) is 4.79 Å². The van der Waals surface area contributed by atoms with Gasteiger partial charge in [-0.3, -0.25) is 0 Å². The monoisotopic (exact) mass is 400 g/mol. The Hall–Kier alpha value is -2.67. The normalized spacial score (nSPS) is 11.2. The van der Waals surface area contributed by atoms with Gasteiger partial charge < -0.3 is 4.74 Å². The highest BCUT2D eigenvalue weighted by Crippen LogP contribution is 2.27. The fourth-order valence-corrected chi connectivity index (χ4v) is 2.86. The minimum absolute atomic E-state index is 0.293. The standard InChI is InChI=1S/C18H17BrN4O2/c1-3-7-13-8-6-10-16(23-18(24)22(2)20-21-23)14(13)12-25-17-11-5-4-9-15(17)19/h3-11H,12H2,1-2H3/b7-3+. The largest absolute Gasteiger partial charge is 0.488 e. The molecule has 0 aliphatic carbocycles. The van der Waals surface area contributed by atoms with Gasteiger partial charge in [0.2, 0.25) is 0 Å². The summed E-state index contributed by atoms with van der Waals surface area (Å²) in [5.41, 5.74) is 2.17. The van der Waals surface area contributed by atoms with Crippen LogP contribution in [0.25, 0.3) is 11.8 Å². The lowest BCUT2D eigenvalue weighted by Gasteiger charge is -2.14. The van der Waals surface area contributed by atoms with E-state index in [1.807, 2.05) is 61.5 Å². The van der Waals surface area contributed by atoms with Gasteiger partial charge in [-0.2, -0.15) is 9.36 Å². The van der Waals surface area contributed by atoms with Crippen molar-refractivity contribution in [2.45, 2.75) is 13.5 Å². The topological polar surface area (TPSA) is 61.9 Å². The Labute approximate surface area is 153 Å². The third-order valence-corrected chi connectivity index (χ3v) is 4.35. The molecule has 0 saturated carbocycles. The molecule has 0 atom stereocenters. The average molecular weight is 401 g/mol. The number of benzene rings is 2. The highest BCUT2D eigenvalue weighted by atomic mass is 79.9. The predicted octanol–water partition coefficient (Wildman–Crippen LogP) is 3.34. The molecule has 0 unspecified atom stereocenters. The van der Waals surface area contributed by atoms with Crippen molar-refractivity contribution in [2.24, 2.45) is 7.05 Å². The van der Waals surface area contributed by atoms with Crippen LogP contribution in [-0.2, 0) is 13.7 Å². The second kappa shape index (κ2) is 7.48. The summed E-state index contributed by atoms with van der Waals surface area (Å²) in [5.74, 6) is 0.732. The zero-order valence-electron chi connectivity index (χ0n) is 13.9. The lowest BCUT2D eigenvalue weighted by atomic mass is 10.1. The van der Waals surface area contributed by atoms with Crippen LogP contribution in [0.1, 0.15) is 18.1 Å². The van der Waals surface area contributed by atoms with Crippen LogP contribution in [-0.4, -0.2) is 19.8 Å². The molecule has 0 spiro atoms. The van der Waals surface area contributed by atoms with Gasteiger partial charge in [0.15, 0.2) is 0 Å². The summed E-state index contributed by atoms with van der Waals surface area (Å²) >= 11 is 3.48. The highest BCUT2D eigenvalue weighted by molar-refractivity contribution is 9.10. The molecule has 6 nitrogen and oxygen atoms in total. The number of nitrogens with zero attached hydrogens (tertiary/aromatic N) is 4. The van der Waals surface area contributed by atoms with E-state index in [4.69, 9.17) is 4.74 Å². The molecule has 0 N–H and O–H groups in total. The SMILES string of the molecule is C/C=C/c1cccc(-n2nnn(C)c2=O)c1COc1ccccc1Br. The highest BCUT2D eigenvalue weighted by Gasteiger charge is 2.14. The molecule has 0 aliphatic rings. The third-order valence-electron chi connectivity index (χ3n) is 3.69. The molecular weight excluding hydrogens is 384 g/mol. The Balaban J connectivity index is 2.05. The Bertz CT molecular complexity index is 975. The number of aryl methyl sites for hydroxylation is 1. The van der Waals surface area contributed by atoms with Crippen LogP contribution in [0.15, 0.2) is 57.8 Å². The van der Waals surface area contributed by atoms with Crippen LogP contribution in [0.5, 0.6) is 5.75 Å². The summed E-state index contributed by atoms with van der Waals surface area (Å²) in [6.45, 7) is 2.24. The quantitative estimate of drug-likeness (QED) is 0.658. The van der Waals surface area contributed by atoms with E-state index in [1.165, 1.54) is 9.36 Å². The van der Waals surface area contributed by atoms with Gasteiger partial charge in [0.05, 0.1) is 10.2 Å². The van der Waals surface area contributed by atoms with Crippen molar-refractivity contribution in [3.63, 3.8) is 0 Å². The molecule has 7 heteroatoms. The molecule has 3 aromatic rings. The molecule has 128 valence electrons. The number of aromatic nitrogens is 4. The lowest BCUT2D eigenvalue weighted by molar-refractivity contribution is 0.303. The number of rotatable bonds is 5. The molecule has 0 radical (unpaired) electrons. The minimum atomic E-state index is -0.306. The maximum Gasteiger partial charge on any atom is 0.368 e. The molecule has 1 aromatic heterocycles. The summed E-state index contributed by atoms with van der Waals surface area (Å²) in [6.07, 6.45) is 3.92. The maximum absolute atomic E-state index is 12.3. The van der Waals surface area contributed by atoms with E-state index in [1.54, 1.807) is 7.05 Å². The molecule has 0 fully saturated rings. The van der Waals surface area contributed by atoms with Crippen molar-refractivity contribution in [1.29, 1.82) is 0 Å². The van der Waals surface area contributed by atoms with Gasteiger partial charge in [0.25, 0.3) is 0 Å². The summed E-state index contributed by atoms with van der Waals surface area (Å²) in [5, 5.41) is 7.74. The summed E-state index contributed by atoms with van der Waals surface area (Å²) in [6, 6.07) is 13.3. The van der Waals surface area contributed by atoms with Crippen LogP contribution in [0.4, 0.5) is 0 Å². The minimum Gasteiger partial charge on any atom is -0.488 e. The molecule has 1 heterocycles. The Kier molecular flexibility index (Phi) is 5.14. The number of hydrogen-bond donors (Lipinski definition) is 0. The van der Waals surface area contributed by atoms with Crippen molar-refractivity contribution in [3.8, 4) is 11.4 Å². The first-order valence-corrected chi connectivity index (χ1v) is 8.52. The molecule has 2 aromatic carbocycles. The van der Waals surface area contributed by atoms with E-state index < -0.39 is 0 Å². The second-order valence-corrected chi connectivity index (χ2v) is 6.22. The fraction of sp³-hybridized carbons (Fsp3) is 0.167. The van der Waals surface area contributed by atoms with E-state index in [9.17, 15) is 4.79 Å². The molecular formula is C18H17BrN4O2. The average Bonchev–Trinajstić information content (AvgIpc) is 2.94. The van der Waals surface area contributed by atoms with Gasteiger partial charge in [-0.1, -0.05) is 36.4 Å². The molecule has 0 aliphatic heterocycles. The maximum atomic E-state index is 12.3. The van der Waals surface area contributed by atoms with Crippen molar-refractivity contribution >= 4 is 22.0 Å². The summed E-state index contributed by atoms with van der Waals surface area (Å²) < 4.78 is 9.32.